The summed E-state index contributed by atoms with van der Waals surface area (Å²) in [6, 6.07) is 10.8. The second kappa shape index (κ2) is 10.2. The Morgan fingerprint density at radius 1 is 1.34 bits per heavy atom. The molecule has 2 aromatic rings. The molecule has 3 atom stereocenters. The van der Waals surface area contributed by atoms with Crippen molar-refractivity contribution in [3.8, 4) is 0 Å². The highest BCUT2D eigenvalue weighted by atomic mass is 32.2. The number of nitrogens with one attached hydrogen (secondary N) is 3. The van der Waals surface area contributed by atoms with E-state index in [9.17, 15) is 14.7 Å². The molecule has 1 fully saturated rings. The predicted octanol–water partition coefficient (Wildman–Crippen LogP) is 2.85. The van der Waals surface area contributed by atoms with Crippen LogP contribution < -0.4 is 16.0 Å². The van der Waals surface area contributed by atoms with Gasteiger partial charge < -0.3 is 21.1 Å². The highest BCUT2D eigenvalue weighted by molar-refractivity contribution is 7.98. The number of thioether (sulfide) groups is 1. The summed E-state index contributed by atoms with van der Waals surface area (Å²) in [6.45, 7) is 1.66. The number of amides is 1. The summed E-state index contributed by atoms with van der Waals surface area (Å²) in [5.41, 5.74) is 1.31. The van der Waals surface area contributed by atoms with Crippen LogP contribution in [-0.4, -0.2) is 59.4 Å². The van der Waals surface area contributed by atoms with Gasteiger partial charge in [0, 0.05) is 29.1 Å². The monoisotopic (exact) mass is 433 g/mol. The first-order valence-electron chi connectivity index (χ1n) is 9.70. The quantitative estimate of drug-likeness (QED) is 0.391. The lowest BCUT2D eigenvalue weighted by Crippen LogP contribution is -2.41. The number of hydrogen-bond acceptors (Lipinski definition) is 6. The van der Waals surface area contributed by atoms with Gasteiger partial charge in [0.05, 0.1) is 0 Å². The third-order valence-corrected chi connectivity index (χ3v) is 6.42. The highest BCUT2D eigenvalue weighted by Gasteiger charge is 2.24. The van der Waals surface area contributed by atoms with Crippen LogP contribution in [-0.2, 0) is 4.79 Å². The molecule has 0 aliphatic carbocycles. The minimum atomic E-state index is -1.02. The molecule has 1 heterocycles. The molecule has 1 amide bonds. The second-order valence-electron chi connectivity index (χ2n) is 7.19. The van der Waals surface area contributed by atoms with Crippen LogP contribution in [0, 0.1) is 0 Å². The van der Waals surface area contributed by atoms with Gasteiger partial charge in [-0.3, -0.25) is 4.79 Å². The molecule has 156 valence electrons. The molecule has 1 aliphatic heterocycles. The Bertz CT molecular complexity index is 877. The summed E-state index contributed by atoms with van der Waals surface area (Å²) in [7, 11) is 0. The first kappa shape index (κ1) is 21.8. The minimum Gasteiger partial charge on any atom is -0.480 e. The maximum absolute atomic E-state index is 13.0. The van der Waals surface area contributed by atoms with E-state index in [1.54, 1.807) is 17.8 Å². The number of benzene rings is 2. The molecule has 0 spiro atoms. The van der Waals surface area contributed by atoms with Crippen LogP contribution in [0.1, 0.15) is 23.2 Å². The third kappa shape index (κ3) is 5.58. The normalized spacial score (nSPS) is 19.8. The molecule has 0 bridgehead atoms. The molecule has 4 N–H and O–H groups in total. The molecule has 2 aromatic carbocycles. The van der Waals surface area contributed by atoms with Gasteiger partial charge in [-0.1, -0.05) is 24.3 Å². The molecule has 0 unspecified atom stereocenters. The summed E-state index contributed by atoms with van der Waals surface area (Å²) in [5, 5.41) is 21.0. The van der Waals surface area contributed by atoms with Crippen molar-refractivity contribution in [2.75, 3.05) is 30.4 Å². The fourth-order valence-corrected chi connectivity index (χ4v) is 4.33. The average Bonchev–Trinajstić information content (AvgIpc) is 3.13. The molecule has 0 radical (unpaired) electrons. The van der Waals surface area contributed by atoms with E-state index in [1.165, 1.54) is 0 Å². The van der Waals surface area contributed by atoms with Gasteiger partial charge in [-0.15, -0.1) is 0 Å². The molecule has 8 heteroatoms. The number of carboxylic acid groups (broad SMARTS) is 1. The van der Waals surface area contributed by atoms with E-state index in [-0.39, 0.29) is 11.9 Å². The standard InChI is InChI=1S/C21H27N3O3S2/c1-29-9-7-17(21(26)27)24-20(25)16-11-14(10-13-4-2-3-5-15(13)16)23-12-18-19(28)6-8-22-18/h2-5,10-11,17-19,22-23,28H,6-9,12H2,1H3,(H,24,25)(H,26,27)/t17-,18+,19+/m0/s1. The fourth-order valence-electron chi connectivity index (χ4n) is 3.52. The van der Waals surface area contributed by atoms with E-state index in [0.717, 1.165) is 29.4 Å². The summed E-state index contributed by atoms with van der Waals surface area (Å²) in [5.74, 6) is -0.721. The SMILES string of the molecule is CSCC[C@H](NC(=O)c1cc(NC[C@H]2NCC[C@H]2S)cc2ccccc12)C(=O)O. The Kier molecular flexibility index (Phi) is 7.69. The summed E-state index contributed by atoms with van der Waals surface area (Å²) in [4.78, 5) is 24.5. The molecule has 1 aliphatic rings. The number of thiol groups is 1. The highest BCUT2D eigenvalue weighted by Crippen LogP contribution is 2.25. The van der Waals surface area contributed by atoms with E-state index in [4.69, 9.17) is 0 Å². The smallest absolute Gasteiger partial charge is 0.326 e. The van der Waals surface area contributed by atoms with E-state index in [2.05, 4.69) is 28.6 Å². The zero-order valence-electron chi connectivity index (χ0n) is 16.4. The zero-order valence-corrected chi connectivity index (χ0v) is 18.1. The van der Waals surface area contributed by atoms with Gasteiger partial charge >= 0.3 is 5.97 Å². The zero-order chi connectivity index (χ0) is 20.8. The van der Waals surface area contributed by atoms with Crippen molar-refractivity contribution in [2.45, 2.75) is 30.2 Å². The number of anilines is 1. The van der Waals surface area contributed by atoms with Gasteiger partial charge in [0.25, 0.3) is 5.91 Å². The Balaban J connectivity index is 1.83. The molecule has 1 saturated heterocycles. The lowest BCUT2D eigenvalue weighted by Gasteiger charge is -2.19. The van der Waals surface area contributed by atoms with Crippen molar-refractivity contribution in [3.05, 3.63) is 42.0 Å². The number of carbonyl (C=O) groups is 2. The number of rotatable bonds is 9. The van der Waals surface area contributed by atoms with Crippen LogP contribution >= 0.6 is 24.4 Å². The van der Waals surface area contributed by atoms with Gasteiger partial charge in [-0.25, -0.2) is 4.79 Å². The molecular weight excluding hydrogens is 406 g/mol. The number of fused-ring (bicyclic) bond motifs is 1. The molecule has 0 aromatic heterocycles. The van der Waals surface area contributed by atoms with Gasteiger partial charge in [0.15, 0.2) is 0 Å². The fraction of sp³-hybridized carbons (Fsp3) is 0.429. The second-order valence-corrected chi connectivity index (χ2v) is 8.84. The Morgan fingerprint density at radius 3 is 2.83 bits per heavy atom. The summed E-state index contributed by atoms with van der Waals surface area (Å²) in [6.07, 6.45) is 3.33. The van der Waals surface area contributed by atoms with Gasteiger partial charge in [-0.05, 0) is 54.3 Å². The lowest BCUT2D eigenvalue weighted by atomic mass is 10.0. The van der Waals surface area contributed by atoms with Gasteiger partial charge in [-0.2, -0.15) is 24.4 Å². The van der Waals surface area contributed by atoms with Crippen LogP contribution in [0.5, 0.6) is 0 Å². The van der Waals surface area contributed by atoms with Crippen LogP contribution in [0.2, 0.25) is 0 Å². The average molecular weight is 434 g/mol. The molecular formula is C21H27N3O3S2. The first-order chi connectivity index (χ1) is 14.0. The van der Waals surface area contributed by atoms with E-state index < -0.39 is 12.0 Å². The maximum atomic E-state index is 13.0. The van der Waals surface area contributed by atoms with E-state index in [0.29, 0.717) is 29.5 Å². The Labute approximate surface area is 180 Å². The van der Waals surface area contributed by atoms with Gasteiger partial charge in [0.1, 0.15) is 6.04 Å². The lowest BCUT2D eigenvalue weighted by molar-refractivity contribution is -0.139. The number of carboxylic acids is 1. The predicted molar refractivity (Wildman–Crippen MR) is 124 cm³/mol. The van der Waals surface area contributed by atoms with Crippen molar-refractivity contribution in [1.82, 2.24) is 10.6 Å². The number of hydrogen-bond donors (Lipinski definition) is 5. The molecule has 0 saturated carbocycles. The molecule has 29 heavy (non-hydrogen) atoms. The van der Waals surface area contributed by atoms with Crippen LogP contribution in [0.4, 0.5) is 5.69 Å². The van der Waals surface area contributed by atoms with Gasteiger partial charge in [0.2, 0.25) is 0 Å². The maximum Gasteiger partial charge on any atom is 0.326 e. The van der Waals surface area contributed by atoms with Crippen molar-refractivity contribution < 1.29 is 14.7 Å². The third-order valence-electron chi connectivity index (χ3n) is 5.16. The first-order valence-corrected chi connectivity index (χ1v) is 11.6. The van der Waals surface area contributed by atoms with Crippen LogP contribution in [0.15, 0.2) is 36.4 Å². The van der Waals surface area contributed by atoms with Crippen LogP contribution in [0.3, 0.4) is 0 Å². The number of aliphatic carboxylic acids is 1. The molecule has 3 rings (SSSR count). The largest absolute Gasteiger partial charge is 0.480 e. The van der Waals surface area contributed by atoms with Crippen molar-refractivity contribution >= 4 is 52.7 Å². The topological polar surface area (TPSA) is 90.5 Å². The van der Waals surface area contributed by atoms with Crippen molar-refractivity contribution in [3.63, 3.8) is 0 Å². The molecule has 6 nitrogen and oxygen atoms in total. The van der Waals surface area contributed by atoms with Crippen LogP contribution in [0.25, 0.3) is 10.8 Å². The Hall–Kier alpha value is -1.90. The summed E-state index contributed by atoms with van der Waals surface area (Å²) < 4.78 is 0. The van der Waals surface area contributed by atoms with E-state index in [1.807, 2.05) is 36.6 Å². The summed E-state index contributed by atoms with van der Waals surface area (Å²) >= 11 is 6.16. The number of carbonyl (C=O) groups excluding carboxylic acids is 1. The van der Waals surface area contributed by atoms with Crippen molar-refractivity contribution in [2.24, 2.45) is 0 Å². The minimum absolute atomic E-state index is 0.269. The van der Waals surface area contributed by atoms with Crippen molar-refractivity contribution in [1.29, 1.82) is 0 Å². The van der Waals surface area contributed by atoms with E-state index >= 15 is 0 Å². The Morgan fingerprint density at radius 2 is 2.14 bits per heavy atom.